The zero-order chi connectivity index (χ0) is 12.1. The first-order valence-electron chi connectivity index (χ1n) is 6.91. The lowest BCUT2D eigenvalue weighted by atomic mass is 10.2. The van der Waals surface area contributed by atoms with Crippen molar-refractivity contribution in [1.82, 2.24) is 9.80 Å². The van der Waals surface area contributed by atoms with E-state index in [0.717, 1.165) is 44.9 Å². The SMILES string of the molecule is CCCC(=O)N1CCCN(C2CCSC2)CC1. The van der Waals surface area contributed by atoms with E-state index in [9.17, 15) is 4.79 Å². The average Bonchev–Trinajstić information content (AvgIpc) is 2.74. The summed E-state index contributed by atoms with van der Waals surface area (Å²) < 4.78 is 0. The highest BCUT2D eigenvalue weighted by atomic mass is 32.2. The van der Waals surface area contributed by atoms with E-state index in [1.165, 1.54) is 24.5 Å². The molecule has 1 amide bonds. The van der Waals surface area contributed by atoms with E-state index >= 15 is 0 Å². The van der Waals surface area contributed by atoms with Crippen molar-refractivity contribution in [2.45, 2.75) is 38.6 Å². The van der Waals surface area contributed by atoms with Crippen LogP contribution < -0.4 is 0 Å². The maximum atomic E-state index is 11.9. The minimum Gasteiger partial charge on any atom is -0.341 e. The van der Waals surface area contributed by atoms with Crippen LogP contribution in [0.25, 0.3) is 0 Å². The summed E-state index contributed by atoms with van der Waals surface area (Å²) in [6.45, 7) is 6.26. The third-order valence-electron chi connectivity index (χ3n) is 3.77. The van der Waals surface area contributed by atoms with Crippen LogP contribution in [-0.4, -0.2) is 59.4 Å². The Balaban J connectivity index is 1.82. The van der Waals surface area contributed by atoms with Crippen LogP contribution in [0.3, 0.4) is 0 Å². The van der Waals surface area contributed by atoms with Gasteiger partial charge in [-0.05, 0) is 25.0 Å². The molecular weight excluding hydrogens is 232 g/mol. The monoisotopic (exact) mass is 256 g/mol. The summed E-state index contributed by atoms with van der Waals surface area (Å²) in [7, 11) is 0. The Morgan fingerprint density at radius 3 is 2.88 bits per heavy atom. The van der Waals surface area contributed by atoms with Gasteiger partial charge in [-0.1, -0.05) is 6.92 Å². The van der Waals surface area contributed by atoms with Crippen molar-refractivity contribution in [3.8, 4) is 0 Å². The molecule has 2 aliphatic rings. The van der Waals surface area contributed by atoms with Crippen molar-refractivity contribution in [3.63, 3.8) is 0 Å². The Bertz CT molecular complexity index is 254. The molecule has 0 aliphatic carbocycles. The second-order valence-electron chi connectivity index (χ2n) is 5.04. The van der Waals surface area contributed by atoms with Gasteiger partial charge in [-0.2, -0.15) is 11.8 Å². The van der Waals surface area contributed by atoms with Crippen LogP contribution in [0, 0.1) is 0 Å². The van der Waals surface area contributed by atoms with Gasteiger partial charge in [0, 0.05) is 44.4 Å². The molecule has 2 saturated heterocycles. The van der Waals surface area contributed by atoms with E-state index in [2.05, 4.69) is 28.5 Å². The Hall–Kier alpha value is -0.220. The van der Waals surface area contributed by atoms with E-state index in [-0.39, 0.29) is 0 Å². The molecule has 0 saturated carbocycles. The molecule has 0 N–H and O–H groups in total. The van der Waals surface area contributed by atoms with E-state index in [0.29, 0.717) is 5.91 Å². The second-order valence-corrected chi connectivity index (χ2v) is 6.19. The van der Waals surface area contributed by atoms with Crippen LogP contribution in [-0.2, 0) is 4.79 Å². The van der Waals surface area contributed by atoms with Crippen molar-refractivity contribution in [2.24, 2.45) is 0 Å². The van der Waals surface area contributed by atoms with Crippen molar-refractivity contribution in [3.05, 3.63) is 0 Å². The molecule has 0 bridgehead atoms. The van der Waals surface area contributed by atoms with Crippen molar-refractivity contribution in [2.75, 3.05) is 37.7 Å². The summed E-state index contributed by atoms with van der Waals surface area (Å²) in [6, 6.07) is 0.779. The largest absolute Gasteiger partial charge is 0.341 e. The molecule has 2 rings (SSSR count). The molecule has 0 radical (unpaired) electrons. The molecular formula is C13H24N2OS. The smallest absolute Gasteiger partial charge is 0.222 e. The van der Waals surface area contributed by atoms with Gasteiger partial charge in [-0.3, -0.25) is 9.69 Å². The van der Waals surface area contributed by atoms with Crippen LogP contribution in [0.4, 0.5) is 0 Å². The average molecular weight is 256 g/mol. The lowest BCUT2D eigenvalue weighted by Crippen LogP contribution is -2.39. The first kappa shape index (κ1) is 13.2. The number of nitrogens with zero attached hydrogens (tertiary/aromatic N) is 2. The lowest BCUT2D eigenvalue weighted by molar-refractivity contribution is -0.131. The fourth-order valence-corrected chi connectivity index (χ4v) is 3.99. The lowest BCUT2D eigenvalue weighted by Gasteiger charge is -2.26. The molecule has 4 heteroatoms. The number of amides is 1. The van der Waals surface area contributed by atoms with Gasteiger partial charge in [0.15, 0.2) is 0 Å². The summed E-state index contributed by atoms with van der Waals surface area (Å²) in [5.41, 5.74) is 0. The topological polar surface area (TPSA) is 23.6 Å². The van der Waals surface area contributed by atoms with Crippen molar-refractivity contribution < 1.29 is 4.79 Å². The van der Waals surface area contributed by atoms with Gasteiger partial charge in [0.2, 0.25) is 5.91 Å². The molecule has 1 atom stereocenters. The van der Waals surface area contributed by atoms with Crippen LogP contribution >= 0.6 is 11.8 Å². The zero-order valence-electron chi connectivity index (χ0n) is 10.9. The Labute approximate surface area is 109 Å². The highest BCUT2D eigenvalue weighted by Gasteiger charge is 2.25. The fraction of sp³-hybridized carbons (Fsp3) is 0.923. The van der Waals surface area contributed by atoms with Crippen LogP contribution in [0.1, 0.15) is 32.6 Å². The molecule has 2 aliphatic heterocycles. The number of hydrogen-bond acceptors (Lipinski definition) is 3. The number of carbonyl (C=O) groups is 1. The quantitative estimate of drug-likeness (QED) is 0.769. The van der Waals surface area contributed by atoms with Crippen LogP contribution in [0.2, 0.25) is 0 Å². The Morgan fingerprint density at radius 2 is 2.18 bits per heavy atom. The Kier molecular flexibility index (Phi) is 5.16. The van der Waals surface area contributed by atoms with Gasteiger partial charge in [0.05, 0.1) is 0 Å². The number of thioether (sulfide) groups is 1. The third kappa shape index (κ3) is 3.62. The molecule has 3 nitrogen and oxygen atoms in total. The minimum atomic E-state index is 0.357. The summed E-state index contributed by atoms with van der Waals surface area (Å²) in [4.78, 5) is 16.6. The maximum absolute atomic E-state index is 11.9. The second kappa shape index (κ2) is 6.64. The fourth-order valence-electron chi connectivity index (χ4n) is 2.73. The summed E-state index contributed by atoms with van der Waals surface area (Å²) in [5, 5.41) is 0. The van der Waals surface area contributed by atoms with Crippen LogP contribution in [0.15, 0.2) is 0 Å². The van der Waals surface area contributed by atoms with E-state index in [1.54, 1.807) is 0 Å². The molecule has 0 aromatic rings. The van der Waals surface area contributed by atoms with Gasteiger partial charge in [0.25, 0.3) is 0 Å². The van der Waals surface area contributed by atoms with Gasteiger partial charge >= 0.3 is 0 Å². The van der Waals surface area contributed by atoms with Crippen LogP contribution in [0.5, 0.6) is 0 Å². The summed E-state index contributed by atoms with van der Waals surface area (Å²) >= 11 is 2.08. The minimum absolute atomic E-state index is 0.357. The van der Waals surface area contributed by atoms with Gasteiger partial charge < -0.3 is 4.90 Å². The van der Waals surface area contributed by atoms with Gasteiger partial charge in [0.1, 0.15) is 0 Å². The number of rotatable bonds is 3. The normalized spacial score (nSPS) is 27.1. The predicted octanol–water partition coefficient (Wildman–Crippen LogP) is 1.83. The molecule has 1 unspecified atom stereocenters. The zero-order valence-corrected chi connectivity index (χ0v) is 11.7. The molecule has 0 aromatic heterocycles. The van der Waals surface area contributed by atoms with E-state index in [4.69, 9.17) is 0 Å². The molecule has 17 heavy (non-hydrogen) atoms. The highest BCUT2D eigenvalue weighted by Crippen LogP contribution is 2.23. The van der Waals surface area contributed by atoms with Crippen molar-refractivity contribution in [1.29, 1.82) is 0 Å². The Morgan fingerprint density at radius 1 is 1.29 bits per heavy atom. The molecule has 0 spiro atoms. The standard InChI is InChI=1S/C13H24N2OS/c1-2-4-13(16)15-7-3-6-14(8-9-15)12-5-10-17-11-12/h12H,2-11H2,1H3. The number of hydrogen-bond donors (Lipinski definition) is 0. The van der Waals surface area contributed by atoms with Crippen molar-refractivity contribution >= 4 is 17.7 Å². The summed E-state index contributed by atoms with van der Waals surface area (Å²) in [5.74, 6) is 2.97. The maximum Gasteiger partial charge on any atom is 0.222 e. The first-order chi connectivity index (χ1) is 8.31. The third-order valence-corrected chi connectivity index (χ3v) is 4.91. The van der Waals surface area contributed by atoms with Gasteiger partial charge in [-0.15, -0.1) is 0 Å². The predicted molar refractivity (Wildman–Crippen MR) is 73.4 cm³/mol. The summed E-state index contributed by atoms with van der Waals surface area (Å²) in [6.07, 6.45) is 4.18. The first-order valence-corrected chi connectivity index (χ1v) is 8.06. The highest BCUT2D eigenvalue weighted by molar-refractivity contribution is 7.99. The molecule has 2 fully saturated rings. The molecule has 0 aromatic carbocycles. The van der Waals surface area contributed by atoms with E-state index in [1.807, 2.05) is 0 Å². The molecule has 2 heterocycles. The number of carbonyl (C=O) groups excluding carboxylic acids is 1. The van der Waals surface area contributed by atoms with Gasteiger partial charge in [-0.25, -0.2) is 0 Å². The van der Waals surface area contributed by atoms with E-state index < -0.39 is 0 Å². The molecule has 98 valence electrons.